The molecule has 5 nitrogen and oxygen atoms in total. The molecule has 0 unspecified atom stereocenters. The highest BCUT2D eigenvalue weighted by molar-refractivity contribution is 7.20. The van der Waals surface area contributed by atoms with Gasteiger partial charge in [-0.1, -0.05) is 12.1 Å². The molecule has 0 aliphatic rings. The van der Waals surface area contributed by atoms with Crippen LogP contribution in [0.1, 0.15) is 16.6 Å². The maximum absolute atomic E-state index is 11.2. The summed E-state index contributed by atoms with van der Waals surface area (Å²) in [7, 11) is 0. The number of hydrogen-bond acceptors (Lipinski definition) is 4. The fourth-order valence-corrected chi connectivity index (χ4v) is 3.09. The second-order valence-corrected chi connectivity index (χ2v) is 5.98. The van der Waals surface area contributed by atoms with Gasteiger partial charge in [-0.2, -0.15) is 0 Å². The average Bonchev–Trinajstić information content (AvgIpc) is 2.92. The van der Waals surface area contributed by atoms with E-state index in [2.05, 4.69) is 5.32 Å². The standard InChI is InChI=1S/C17H13NO4S/c1-10(19)18-13-4-2-3-5-14(13)22-12-7-6-11-8-16(17(20)21)23-15(11)9-12/h2-9H,1H3,(H,18,19)(H,20,21). The smallest absolute Gasteiger partial charge is 0.345 e. The fourth-order valence-electron chi connectivity index (χ4n) is 2.16. The van der Waals surface area contributed by atoms with Gasteiger partial charge in [0, 0.05) is 11.6 Å². The molecule has 0 bridgehead atoms. The number of amides is 1. The predicted octanol–water partition coefficient (Wildman–Crippen LogP) is 4.35. The number of rotatable bonds is 4. The molecule has 1 amide bonds. The van der Waals surface area contributed by atoms with Crippen LogP contribution in [0.25, 0.3) is 10.1 Å². The lowest BCUT2D eigenvalue weighted by Gasteiger charge is -2.11. The first kappa shape index (κ1) is 15.1. The van der Waals surface area contributed by atoms with Crippen molar-refractivity contribution in [1.29, 1.82) is 0 Å². The third-order valence-corrected chi connectivity index (χ3v) is 4.21. The lowest BCUT2D eigenvalue weighted by atomic mass is 10.2. The van der Waals surface area contributed by atoms with E-state index in [-0.39, 0.29) is 10.8 Å². The minimum atomic E-state index is -0.940. The molecule has 6 heteroatoms. The molecule has 116 valence electrons. The number of carboxylic acid groups (broad SMARTS) is 1. The van der Waals surface area contributed by atoms with E-state index in [4.69, 9.17) is 9.84 Å². The van der Waals surface area contributed by atoms with Crippen LogP contribution in [0.4, 0.5) is 5.69 Å². The van der Waals surface area contributed by atoms with Crippen molar-refractivity contribution in [3.63, 3.8) is 0 Å². The second kappa shape index (κ2) is 6.10. The highest BCUT2D eigenvalue weighted by Crippen LogP contribution is 2.33. The van der Waals surface area contributed by atoms with Gasteiger partial charge in [0.15, 0.2) is 5.75 Å². The van der Waals surface area contributed by atoms with Crippen molar-refractivity contribution in [2.75, 3.05) is 5.32 Å². The van der Waals surface area contributed by atoms with Gasteiger partial charge in [0.1, 0.15) is 10.6 Å². The van der Waals surface area contributed by atoms with Gasteiger partial charge < -0.3 is 15.2 Å². The monoisotopic (exact) mass is 327 g/mol. The Morgan fingerprint density at radius 3 is 2.65 bits per heavy atom. The van der Waals surface area contributed by atoms with Crippen LogP contribution in [0.15, 0.2) is 48.5 Å². The fraction of sp³-hybridized carbons (Fsp3) is 0.0588. The maximum Gasteiger partial charge on any atom is 0.345 e. The quantitative estimate of drug-likeness (QED) is 0.747. The summed E-state index contributed by atoms with van der Waals surface area (Å²) in [6.07, 6.45) is 0. The SMILES string of the molecule is CC(=O)Nc1ccccc1Oc1ccc2cc(C(=O)O)sc2c1. The van der Waals surface area contributed by atoms with E-state index in [1.165, 1.54) is 18.3 Å². The lowest BCUT2D eigenvalue weighted by molar-refractivity contribution is -0.114. The van der Waals surface area contributed by atoms with Gasteiger partial charge in [0.25, 0.3) is 0 Å². The molecule has 0 atom stereocenters. The molecule has 3 rings (SSSR count). The topological polar surface area (TPSA) is 75.6 Å². The summed E-state index contributed by atoms with van der Waals surface area (Å²) in [6.45, 7) is 1.43. The molecule has 23 heavy (non-hydrogen) atoms. The Morgan fingerprint density at radius 1 is 1.13 bits per heavy atom. The van der Waals surface area contributed by atoms with E-state index >= 15 is 0 Å². The molecule has 0 radical (unpaired) electrons. The van der Waals surface area contributed by atoms with E-state index in [9.17, 15) is 9.59 Å². The Balaban J connectivity index is 1.92. The number of anilines is 1. The van der Waals surface area contributed by atoms with Gasteiger partial charge >= 0.3 is 5.97 Å². The van der Waals surface area contributed by atoms with E-state index < -0.39 is 5.97 Å². The number of thiophene rings is 1. The van der Waals surface area contributed by atoms with Crippen LogP contribution in [0, 0.1) is 0 Å². The Morgan fingerprint density at radius 2 is 1.91 bits per heavy atom. The molecule has 2 N–H and O–H groups in total. The number of carboxylic acids is 1. The van der Waals surface area contributed by atoms with Crippen LogP contribution in [0.3, 0.4) is 0 Å². The van der Waals surface area contributed by atoms with Crippen molar-refractivity contribution in [1.82, 2.24) is 0 Å². The molecule has 1 heterocycles. The van der Waals surface area contributed by atoms with Crippen molar-refractivity contribution in [3.8, 4) is 11.5 Å². The van der Waals surface area contributed by atoms with Crippen molar-refractivity contribution in [2.45, 2.75) is 6.92 Å². The Hall–Kier alpha value is -2.86. The normalized spacial score (nSPS) is 10.5. The minimum absolute atomic E-state index is 0.180. The van der Waals surface area contributed by atoms with Crippen molar-refractivity contribution in [3.05, 3.63) is 53.4 Å². The van der Waals surface area contributed by atoms with Gasteiger partial charge in [-0.05, 0) is 41.8 Å². The third kappa shape index (κ3) is 3.32. The molecule has 0 aliphatic heterocycles. The summed E-state index contributed by atoms with van der Waals surface area (Å²) >= 11 is 1.20. The van der Waals surface area contributed by atoms with Crippen LogP contribution in [-0.2, 0) is 4.79 Å². The second-order valence-electron chi connectivity index (χ2n) is 4.89. The molecule has 0 fully saturated rings. The number of benzene rings is 2. The molecule has 0 saturated heterocycles. The van der Waals surface area contributed by atoms with E-state index in [0.717, 1.165) is 10.1 Å². The zero-order valence-corrected chi connectivity index (χ0v) is 13.0. The van der Waals surface area contributed by atoms with Gasteiger partial charge in [0.05, 0.1) is 5.69 Å². The van der Waals surface area contributed by atoms with Crippen molar-refractivity contribution >= 4 is 39.0 Å². The number of carbonyl (C=O) groups excluding carboxylic acids is 1. The number of fused-ring (bicyclic) bond motifs is 1. The first-order valence-corrected chi connectivity index (χ1v) is 7.66. The number of nitrogens with one attached hydrogen (secondary N) is 1. The molecule has 2 aromatic carbocycles. The zero-order valence-electron chi connectivity index (χ0n) is 12.2. The zero-order chi connectivity index (χ0) is 16.4. The Labute approximate surface area is 136 Å². The van der Waals surface area contributed by atoms with Crippen molar-refractivity contribution < 1.29 is 19.4 Å². The molecule has 0 spiro atoms. The van der Waals surface area contributed by atoms with Gasteiger partial charge in [0.2, 0.25) is 5.91 Å². The summed E-state index contributed by atoms with van der Waals surface area (Å²) < 4.78 is 6.66. The largest absolute Gasteiger partial charge is 0.477 e. The van der Waals surface area contributed by atoms with Crippen LogP contribution in [-0.4, -0.2) is 17.0 Å². The van der Waals surface area contributed by atoms with Crippen LogP contribution in [0.5, 0.6) is 11.5 Å². The predicted molar refractivity (Wildman–Crippen MR) is 89.6 cm³/mol. The Kier molecular flexibility index (Phi) is 3.99. The summed E-state index contributed by atoms with van der Waals surface area (Å²) in [4.78, 5) is 22.6. The van der Waals surface area contributed by atoms with Gasteiger partial charge in [-0.25, -0.2) is 4.79 Å². The number of carbonyl (C=O) groups is 2. The molecular weight excluding hydrogens is 314 g/mol. The maximum atomic E-state index is 11.2. The summed E-state index contributed by atoms with van der Waals surface area (Å²) in [5, 5.41) is 12.6. The van der Waals surface area contributed by atoms with Gasteiger partial charge in [-0.15, -0.1) is 11.3 Å². The molecule has 0 aliphatic carbocycles. The highest BCUT2D eigenvalue weighted by atomic mass is 32.1. The molecule has 3 aromatic rings. The lowest BCUT2D eigenvalue weighted by Crippen LogP contribution is -2.06. The summed E-state index contributed by atoms with van der Waals surface area (Å²) in [5.74, 6) is -0.0170. The first-order chi connectivity index (χ1) is 11.0. The average molecular weight is 327 g/mol. The Bertz CT molecular complexity index is 900. The number of hydrogen-bond donors (Lipinski definition) is 2. The third-order valence-electron chi connectivity index (χ3n) is 3.13. The van der Waals surface area contributed by atoms with Crippen LogP contribution < -0.4 is 10.1 Å². The van der Waals surface area contributed by atoms with E-state index in [1.54, 1.807) is 36.4 Å². The molecule has 0 saturated carbocycles. The van der Waals surface area contributed by atoms with Crippen molar-refractivity contribution in [2.24, 2.45) is 0 Å². The highest BCUT2D eigenvalue weighted by Gasteiger charge is 2.10. The number of para-hydroxylation sites is 2. The molecule has 1 aromatic heterocycles. The first-order valence-electron chi connectivity index (χ1n) is 6.84. The minimum Gasteiger partial charge on any atom is -0.477 e. The summed E-state index contributed by atoms with van der Waals surface area (Å²) in [5.41, 5.74) is 0.581. The summed E-state index contributed by atoms with van der Waals surface area (Å²) in [6, 6.07) is 14.1. The van der Waals surface area contributed by atoms with Crippen LogP contribution in [0.2, 0.25) is 0 Å². The van der Waals surface area contributed by atoms with Gasteiger partial charge in [-0.3, -0.25) is 4.79 Å². The van der Waals surface area contributed by atoms with E-state index in [1.807, 2.05) is 12.1 Å². The molecular formula is C17H13NO4S. The van der Waals surface area contributed by atoms with E-state index in [0.29, 0.717) is 17.2 Å². The number of ether oxygens (including phenoxy) is 1. The number of aromatic carboxylic acids is 1. The van der Waals surface area contributed by atoms with Crippen LogP contribution >= 0.6 is 11.3 Å².